The van der Waals surface area contributed by atoms with Gasteiger partial charge in [0.1, 0.15) is 0 Å². The minimum Gasteiger partial charge on any atom is -0.378 e. The molecule has 2 bridgehead atoms. The Balaban J connectivity index is 1.74. The van der Waals surface area contributed by atoms with E-state index in [2.05, 4.69) is 4.90 Å². The number of rotatable bonds is 1. The first-order chi connectivity index (χ1) is 8.16. The van der Waals surface area contributed by atoms with Gasteiger partial charge in [0.05, 0.1) is 12.0 Å². The van der Waals surface area contributed by atoms with E-state index < -0.39 is 0 Å². The van der Waals surface area contributed by atoms with Gasteiger partial charge in [-0.1, -0.05) is 0 Å². The van der Waals surface area contributed by atoms with Gasteiger partial charge in [-0.25, -0.2) is 0 Å². The van der Waals surface area contributed by atoms with Crippen molar-refractivity contribution in [3.05, 3.63) is 0 Å². The molecular weight excluding hydrogens is 238 g/mol. The Morgan fingerprint density at radius 1 is 1.24 bits per heavy atom. The van der Waals surface area contributed by atoms with E-state index in [9.17, 15) is 4.79 Å². The molecule has 3 saturated heterocycles. The summed E-state index contributed by atoms with van der Waals surface area (Å²) in [4.78, 5) is 14.7. The molecule has 3 rings (SSSR count). The topological polar surface area (TPSA) is 29.5 Å². The van der Waals surface area contributed by atoms with Crippen LogP contribution in [0.5, 0.6) is 0 Å². The van der Waals surface area contributed by atoms with Crippen molar-refractivity contribution in [1.29, 1.82) is 0 Å². The molecule has 3 aliphatic heterocycles. The van der Waals surface area contributed by atoms with E-state index in [1.807, 2.05) is 6.92 Å². The zero-order chi connectivity index (χ0) is 12.0. The predicted octanol–water partition coefficient (Wildman–Crippen LogP) is 2.17. The van der Waals surface area contributed by atoms with Crippen molar-refractivity contribution in [3.63, 3.8) is 0 Å². The second kappa shape index (κ2) is 4.43. The number of ether oxygens (including phenoxy) is 1. The number of nitrogens with zero attached hydrogens (tertiary/aromatic N) is 1. The van der Waals surface area contributed by atoms with Crippen LogP contribution in [-0.2, 0) is 9.53 Å². The minimum atomic E-state index is 0.0879. The smallest absolute Gasteiger partial charge is 0.228 e. The molecule has 0 aromatic heterocycles. The van der Waals surface area contributed by atoms with Gasteiger partial charge in [0.2, 0.25) is 5.91 Å². The molecule has 17 heavy (non-hydrogen) atoms. The third-order valence-corrected chi connectivity index (χ3v) is 4.98. The van der Waals surface area contributed by atoms with Crippen LogP contribution >= 0.6 is 11.6 Å². The SMILES string of the molecule is CC1OCCC1C(=O)N1C2CCC1CC(Cl)C2. The molecule has 0 radical (unpaired) electrons. The molecule has 0 N–H and O–H groups in total. The lowest BCUT2D eigenvalue weighted by atomic mass is 9.96. The van der Waals surface area contributed by atoms with Gasteiger partial charge in [-0.2, -0.15) is 0 Å². The Morgan fingerprint density at radius 3 is 2.41 bits per heavy atom. The number of carbonyl (C=O) groups is 1. The summed E-state index contributed by atoms with van der Waals surface area (Å²) in [5.41, 5.74) is 0. The number of amides is 1. The zero-order valence-electron chi connectivity index (χ0n) is 10.3. The van der Waals surface area contributed by atoms with Crippen molar-refractivity contribution in [2.75, 3.05) is 6.61 Å². The van der Waals surface area contributed by atoms with E-state index in [0.717, 1.165) is 38.7 Å². The molecule has 0 spiro atoms. The minimum absolute atomic E-state index is 0.0879. The average molecular weight is 258 g/mol. The Labute approximate surface area is 107 Å². The van der Waals surface area contributed by atoms with Gasteiger partial charge in [-0.3, -0.25) is 4.79 Å². The molecule has 3 fully saturated rings. The van der Waals surface area contributed by atoms with E-state index in [-0.39, 0.29) is 17.4 Å². The van der Waals surface area contributed by atoms with Gasteiger partial charge in [-0.05, 0) is 39.0 Å². The Bertz CT molecular complexity index is 309. The van der Waals surface area contributed by atoms with Crippen LogP contribution in [0.3, 0.4) is 0 Å². The molecule has 0 aromatic rings. The van der Waals surface area contributed by atoms with Gasteiger partial charge >= 0.3 is 0 Å². The fourth-order valence-electron chi connectivity index (χ4n) is 3.72. The number of hydrogen-bond donors (Lipinski definition) is 0. The lowest BCUT2D eigenvalue weighted by molar-refractivity contribution is -0.141. The summed E-state index contributed by atoms with van der Waals surface area (Å²) >= 11 is 6.24. The molecule has 0 aliphatic carbocycles. The lowest BCUT2D eigenvalue weighted by Gasteiger charge is -2.38. The van der Waals surface area contributed by atoms with Crippen LogP contribution in [0.1, 0.15) is 39.0 Å². The third kappa shape index (κ3) is 1.97. The molecule has 0 aromatic carbocycles. The van der Waals surface area contributed by atoms with Crippen molar-refractivity contribution in [2.24, 2.45) is 5.92 Å². The third-order valence-electron chi connectivity index (χ3n) is 4.62. The summed E-state index contributed by atoms with van der Waals surface area (Å²) in [6.45, 7) is 2.75. The van der Waals surface area contributed by atoms with Crippen LogP contribution in [-0.4, -0.2) is 41.0 Å². The highest BCUT2D eigenvalue weighted by molar-refractivity contribution is 6.20. The summed E-state index contributed by atoms with van der Waals surface area (Å²) in [6.07, 6.45) is 5.22. The predicted molar refractivity (Wildman–Crippen MR) is 66.1 cm³/mol. The Hall–Kier alpha value is -0.280. The summed E-state index contributed by atoms with van der Waals surface area (Å²) in [5, 5.41) is 0.272. The quantitative estimate of drug-likeness (QED) is 0.674. The maximum Gasteiger partial charge on any atom is 0.228 e. The summed E-state index contributed by atoms with van der Waals surface area (Å²) in [7, 11) is 0. The van der Waals surface area contributed by atoms with Crippen LogP contribution in [0, 0.1) is 5.92 Å². The number of halogens is 1. The molecule has 4 heteroatoms. The maximum absolute atomic E-state index is 12.6. The summed E-state index contributed by atoms with van der Waals surface area (Å²) in [6, 6.07) is 0.799. The highest BCUT2D eigenvalue weighted by Gasteiger charge is 2.46. The van der Waals surface area contributed by atoms with E-state index in [1.165, 1.54) is 0 Å². The number of alkyl halides is 1. The fraction of sp³-hybridized carbons (Fsp3) is 0.923. The van der Waals surface area contributed by atoms with Crippen LogP contribution in [0.4, 0.5) is 0 Å². The number of piperidine rings is 1. The molecule has 1 amide bonds. The molecule has 4 atom stereocenters. The first-order valence-corrected chi connectivity index (χ1v) is 7.18. The second-order valence-corrected chi connectivity index (χ2v) is 6.29. The Kier molecular flexibility index (Phi) is 3.07. The van der Waals surface area contributed by atoms with Crippen LogP contribution in [0.15, 0.2) is 0 Å². The van der Waals surface area contributed by atoms with E-state index >= 15 is 0 Å². The fourth-order valence-corrected chi connectivity index (χ4v) is 4.13. The average Bonchev–Trinajstić information content (AvgIpc) is 2.81. The van der Waals surface area contributed by atoms with E-state index in [0.29, 0.717) is 18.0 Å². The second-order valence-electron chi connectivity index (χ2n) is 5.67. The van der Waals surface area contributed by atoms with Gasteiger partial charge in [0.25, 0.3) is 0 Å². The molecule has 3 aliphatic rings. The first-order valence-electron chi connectivity index (χ1n) is 6.74. The summed E-state index contributed by atoms with van der Waals surface area (Å²) < 4.78 is 5.52. The molecule has 0 saturated carbocycles. The van der Waals surface area contributed by atoms with Crippen molar-refractivity contribution >= 4 is 17.5 Å². The first kappa shape index (κ1) is 11.8. The van der Waals surface area contributed by atoms with Gasteiger partial charge in [-0.15, -0.1) is 11.6 Å². The van der Waals surface area contributed by atoms with Crippen molar-refractivity contribution < 1.29 is 9.53 Å². The molecular formula is C13H20ClNO2. The number of hydrogen-bond acceptors (Lipinski definition) is 2. The van der Waals surface area contributed by atoms with Gasteiger partial charge < -0.3 is 9.64 Å². The molecule has 4 unspecified atom stereocenters. The number of fused-ring (bicyclic) bond motifs is 2. The summed E-state index contributed by atoms with van der Waals surface area (Å²) in [5.74, 6) is 0.413. The van der Waals surface area contributed by atoms with E-state index in [4.69, 9.17) is 16.3 Å². The lowest BCUT2D eigenvalue weighted by Crippen LogP contribution is -2.50. The highest BCUT2D eigenvalue weighted by Crippen LogP contribution is 2.39. The van der Waals surface area contributed by atoms with Crippen LogP contribution < -0.4 is 0 Å². The molecule has 3 heterocycles. The van der Waals surface area contributed by atoms with Crippen molar-refractivity contribution in [3.8, 4) is 0 Å². The monoisotopic (exact) mass is 257 g/mol. The van der Waals surface area contributed by atoms with Crippen LogP contribution in [0.25, 0.3) is 0 Å². The van der Waals surface area contributed by atoms with E-state index in [1.54, 1.807) is 0 Å². The zero-order valence-corrected chi connectivity index (χ0v) is 11.0. The Morgan fingerprint density at radius 2 is 1.88 bits per heavy atom. The molecule has 96 valence electrons. The largest absolute Gasteiger partial charge is 0.378 e. The highest BCUT2D eigenvalue weighted by atomic mass is 35.5. The van der Waals surface area contributed by atoms with Crippen LogP contribution in [0.2, 0.25) is 0 Å². The number of carbonyl (C=O) groups excluding carboxylic acids is 1. The van der Waals surface area contributed by atoms with Crippen molar-refractivity contribution in [2.45, 2.75) is 62.6 Å². The normalized spacial score (nSPS) is 45.3. The standard InChI is InChI=1S/C13H20ClNO2/c1-8-12(4-5-17-8)13(16)15-10-2-3-11(15)7-9(14)6-10/h8-12H,2-7H2,1H3. The van der Waals surface area contributed by atoms with Gasteiger partial charge in [0, 0.05) is 24.1 Å². The molecule has 3 nitrogen and oxygen atoms in total. The van der Waals surface area contributed by atoms with Gasteiger partial charge in [0.15, 0.2) is 0 Å². The van der Waals surface area contributed by atoms with Crippen molar-refractivity contribution in [1.82, 2.24) is 4.90 Å². The maximum atomic E-state index is 12.6.